The summed E-state index contributed by atoms with van der Waals surface area (Å²) in [5.74, 6) is 1.35. The zero-order valence-corrected chi connectivity index (χ0v) is 16.5. The van der Waals surface area contributed by atoms with Gasteiger partial charge in [0.25, 0.3) is 0 Å². The third kappa shape index (κ3) is 3.64. The van der Waals surface area contributed by atoms with Crippen LogP contribution in [0.4, 0.5) is 11.4 Å². The summed E-state index contributed by atoms with van der Waals surface area (Å²) in [7, 11) is 0. The Morgan fingerprint density at radius 2 is 2.00 bits per heavy atom. The lowest BCUT2D eigenvalue weighted by atomic mass is 10.1. The number of benzene rings is 2. The number of anilines is 2. The summed E-state index contributed by atoms with van der Waals surface area (Å²) in [5, 5.41) is 2.84. The highest BCUT2D eigenvalue weighted by molar-refractivity contribution is 9.10. The molecule has 0 saturated carbocycles. The SMILES string of the molecule is CC(=O)Nc1cc(Br)cc2c1N(C(=O)CCc1ccc3c(c1)OCO3)CC2. The Balaban J connectivity index is 1.50. The molecule has 2 aromatic carbocycles. The number of hydrogen-bond acceptors (Lipinski definition) is 4. The van der Waals surface area contributed by atoms with E-state index in [0.29, 0.717) is 25.1 Å². The fourth-order valence-electron chi connectivity index (χ4n) is 3.53. The number of carbonyl (C=O) groups excluding carboxylic acids is 2. The number of nitrogens with zero attached hydrogens (tertiary/aromatic N) is 1. The summed E-state index contributed by atoms with van der Waals surface area (Å²) in [5.41, 5.74) is 3.57. The maximum Gasteiger partial charge on any atom is 0.231 e. The summed E-state index contributed by atoms with van der Waals surface area (Å²) < 4.78 is 11.6. The average Bonchev–Trinajstić information content (AvgIpc) is 3.25. The van der Waals surface area contributed by atoms with Gasteiger partial charge in [0.05, 0.1) is 11.4 Å². The number of carbonyl (C=O) groups is 2. The zero-order valence-electron chi connectivity index (χ0n) is 14.9. The van der Waals surface area contributed by atoms with Crippen molar-refractivity contribution >= 4 is 39.1 Å². The van der Waals surface area contributed by atoms with Gasteiger partial charge in [-0.2, -0.15) is 0 Å². The van der Waals surface area contributed by atoms with E-state index in [1.165, 1.54) is 6.92 Å². The van der Waals surface area contributed by atoms with Crippen molar-refractivity contribution in [2.45, 2.75) is 26.2 Å². The van der Waals surface area contributed by atoms with Crippen molar-refractivity contribution in [1.29, 1.82) is 0 Å². The van der Waals surface area contributed by atoms with Crippen LogP contribution in [0, 0.1) is 0 Å². The number of amides is 2. The van der Waals surface area contributed by atoms with E-state index in [-0.39, 0.29) is 18.6 Å². The van der Waals surface area contributed by atoms with E-state index in [2.05, 4.69) is 21.2 Å². The van der Waals surface area contributed by atoms with Crippen molar-refractivity contribution in [3.8, 4) is 11.5 Å². The van der Waals surface area contributed by atoms with Crippen LogP contribution in [0.1, 0.15) is 24.5 Å². The molecule has 0 radical (unpaired) electrons. The maximum absolute atomic E-state index is 12.9. The Morgan fingerprint density at radius 1 is 1.19 bits per heavy atom. The Bertz CT molecular complexity index is 928. The molecular weight excluding hydrogens is 412 g/mol. The lowest BCUT2D eigenvalue weighted by Crippen LogP contribution is -2.30. The number of hydrogen-bond donors (Lipinski definition) is 1. The molecule has 140 valence electrons. The number of rotatable bonds is 4. The molecule has 27 heavy (non-hydrogen) atoms. The van der Waals surface area contributed by atoms with E-state index in [0.717, 1.165) is 39.2 Å². The van der Waals surface area contributed by atoms with Gasteiger partial charge < -0.3 is 19.7 Å². The first-order valence-corrected chi connectivity index (χ1v) is 9.59. The van der Waals surface area contributed by atoms with Crippen LogP contribution in [0.5, 0.6) is 11.5 Å². The Hall–Kier alpha value is -2.54. The van der Waals surface area contributed by atoms with Crippen molar-refractivity contribution in [2.24, 2.45) is 0 Å². The standard InChI is InChI=1S/C20H19BrN2O4/c1-12(24)22-16-10-15(21)9-14-6-7-23(20(14)16)19(25)5-3-13-2-4-17-18(8-13)27-11-26-17/h2,4,8-10H,3,5-7,11H2,1H3,(H,22,24). The van der Waals surface area contributed by atoms with Crippen molar-refractivity contribution in [2.75, 3.05) is 23.6 Å². The predicted octanol–water partition coefficient (Wildman–Crippen LogP) is 3.66. The van der Waals surface area contributed by atoms with E-state index in [1.807, 2.05) is 30.3 Å². The van der Waals surface area contributed by atoms with Gasteiger partial charge in [0.15, 0.2) is 11.5 Å². The van der Waals surface area contributed by atoms with Gasteiger partial charge in [0.1, 0.15) is 0 Å². The van der Waals surface area contributed by atoms with Crippen LogP contribution in [0.15, 0.2) is 34.8 Å². The van der Waals surface area contributed by atoms with E-state index in [4.69, 9.17) is 9.47 Å². The first-order valence-electron chi connectivity index (χ1n) is 8.80. The quantitative estimate of drug-likeness (QED) is 0.803. The first-order chi connectivity index (χ1) is 13.0. The second kappa shape index (κ2) is 7.23. The molecule has 2 aliphatic heterocycles. The molecule has 0 aliphatic carbocycles. The smallest absolute Gasteiger partial charge is 0.231 e. The van der Waals surface area contributed by atoms with Gasteiger partial charge in [-0.1, -0.05) is 22.0 Å². The lowest BCUT2D eigenvalue weighted by Gasteiger charge is -2.21. The number of fused-ring (bicyclic) bond motifs is 2. The number of ether oxygens (including phenoxy) is 2. The van der Waals surface area contributed by atoms with E-state index >= 15 is 0 Å². The normalized spacial score (nSPS) is 14.2. The van der Waals surface area contributed by atoms with Gasteiger partial charge in [-0.25, -0.2) is 0 Å². The molecular formula is C20H19BrN2O4. The fraction of sp³-hybridized carbons (Fsp3) is 0.300. The molecule has 0 spiro atoms. The van der Waals surface area contributed by atoms with Gasteiger partial charge in [0.2, 0.25) is 18.6 Å². The molecule has 1 N–H and O–H groups in total. The molecule has 0 fully saturated rings. The summed E-state index contributed by atoms with van der Waals surface area (Å²) in [6.07, 6.45) is 1.78. The Labute approximate surface area is 165 Å². The number of nitrogens with one attached hydrogen (secondary N) is 1. The molecule has 0 aromatic heterocycles. The van der Waals surface area contributed by atoms with Crippen LogP contribution in [-0.2, 0) is 22.4 Å². The van der Waals surface area contributed by atoms with Crippen LogP contribution in [0.25, 0.3) is 0 Å². The van der Waals surface area contributed by atoms with Gasteiger partial charge >= 0.3 is 0 Å². The summed E-state index contributed by atoms with van der Waals surface area (Å²) in [4.78, 5) is 26.2. The van der Waals surface area contributed by atoms with E-state index in [9.17, 15) is 9.59 Å². The van der Waals surface area contributed by atoms with Crippen LogP contribution < -0.4 is 19.7 Å². The van der Waals surface area contributed by atoms with Crippen LogP contribution >= 0.6 is 15.9 Å². The highest BCUT2D eigenvalue weighted by Crippen LogP contribution is 2.39. The molecule has 2 heterocycles. The molecule has 2 aromatic rings. The summed E-state index contributed by atoms with van der Waals surface area (Å²) in [6, 6.07) is 9.60. The second-order valence-electron chi connectivity index (χ2n) is 6.63. The first kappa shape index (κ1) is 17.9. The van der Waals surface area contributed by atoms with Gasteiger partial charge in [0, 0.05) is 24.4 Å². The van der Waals surface area contributed by atoms with E-state index < -0.39 is 0 Å². The largest absolute Gasteiger partial charge is 0.454 e. The molecule has 0 unspecified atom stereocenters. The highest BCUT2D eigenvalue weighted by Gasteiger charge is 2.28. The average molecular weight is 431 g/mol. The monoisotopic (exact) mass is 430 g/mol. The highest BCUT2D eigenvalue weighted by atomic mass is 79.9. The topological polar surface area (TPSA) is 67.9 Å². The van der Waals surface area contributed by atoms with E-state index in [1.54, 1.807) is 4.90 Å². The Kier molecular flexibility index (Phi) is 4.78. The second-order valence-corrected chi connectivity index (χ2v) is 7.54. The van der Waals surface area contributed by atoms with Crippen LogP contribution in [0.3, 0.4) is 0 Å². The summed E-state index contributed by atoms with van der Waals surface area (Å²) in [6.45, 7) is 2.33. The minimum absolute atomic E-state index is 0.0420. The number of halogens is 1. The third-order valence-corrected chi connectivity index (χ3v) is 5.16. The van der Waals surface area contributed by atoms with Gasteiger partial charge in [-0.3, -0.25) is 9.59 Å². The molecule has 0 atom stereocenters. The molecule has 2 amide bonds. The lowest BCUT2D eigenvalue weighted by molar-refractivity contribution is -0.118. The van der Waals surface area contributed by atoms with Crippen molar-refractivity contribution < 1.29 is 19.1 Å². The molecule has 7 heteroatoms. The van der Waals surface area contributed by atoms with Gasteiger partial charge in [-0.15, -0.1) is 0 Å². The van der Waals surface area contributed by atoms with Crippen molar-refractivity contribution in [3.05, 3.63) is 45.9 Å². The maximum atomic E-state index is 12.9. The minimum atomic E-state index is -0.157. The minimum Gasteiger partial charge on any atom is -0.454 e. The van der Waals surface area contributed by atoms with Crippen LogP contribution in [-0.4, -0.2) is 25.2 Å². The van der Waals surface area contributed by atoms with Gasteiger partial charge in [-0.05, 0) is 48.2 Å². The third-order valence-electron chi connectivity index (χ3n) is 4.70. The van der Waals surface area contributed by atoms with Crippen LogP contribution in [0.2, 0.25) is 0 Å². The van der Waals surface area contributed by atoms with Crippen molar-refractivity contribution in [3.63, 3.8) is 0 Å². The molecule has 2 aliphatic rings. The molecule has 6 nitrogen and oxygen atoms in total. The summed E-state index contributed by atoms with van der Waals surface area (Å²) >= 11 is 3.47. The molecule has 0 saturated heterocycles. The molecule has 4 rings (SSSR count). The Morgan fingerprint density at radius 3 is 2.81 bits per heavy atom. The molecule has 0 bridgehead atoms. The fourth-order valence-corrected chi connectivity index (χ4v) is 4.03. The number of aryl methyl sites for hydroxylation is 1. The predicted molar refractivity (Wildman–Crippen MR) is 105 cm³/mol. The zero-order chi connectivity index (χ0) is 19.0. The van der Waals surface area contributed by atoms with Crippen molar-refractivity contribution in [1.82, 2.24) is 0 Å².